The van der Waals surface area contributed by atoms with E-state index in [9.17, 15) is 17.6 Å². The van der Waals surface area contributed by atoms with Crippen LogP contribution in [0.1, 0.15) is 11.1 Å². The molecule has 1 N–H and O–H groups in total. The van der Waals surface area contributed by atoms with Gasteiger partial charge in [-0.1, -0.05) is 51.8 Å². The van der Waals surface area contributed by atoms with E-state index in [1.807, 2.05) is 0 Å². The maximum atomic E-state index is 13.2. The molecule has 3 aromatic carbocycles. The number of carbonyl (C=O) groups excluding carboxylic acids is 1. The Bertz CT molecular complexity index is 1220. The third-order valence-corrected chi connectivity index (χ3v) is 6.88. The fourth-order valence-electron chi connectivity index (χ4n) is 2.74. The second-order valence-electron chi connectivity index (χ2n) is 6.70. The first kappa shape index (κ1) is 24.1. The lowest BCUT2D eigenvalue weighted by Gasteiger charge is -2.21. The molecular weight excluding hydrogens is 521 g/mol. The van der Waals surface area contributed by atoms with Crippen molar-refractivity contribution in [3.63, 3.8) is 0 Å². The first-order valence-electron chi connectivity index (χ1n) is 9.32. The molecule has 0 radical (unpaired) electrons. The van der Waals surface area contributed by atoms with Crippen LogP contribution in [0.2, 0.25) is 5.02 Å². The first-order valence-corrected chi connectivity index (χ1v) is 11.9. The van der Waals surface area contributed by atoms with Crippen LogP contribution >= 0.6 is 27.5 Å². The number of amides is 1. The summed E-state index contributed by atoms with van der Waals surface area (Å²) in [5, 5.41) is 4.18. The summed E-state index contributed by atoms with van der Waals surface area (Å²) in [5.41, 5.74) is 3.43. The van der Waals surface area contributed by atoms with Gasteiger partial charge in [0, 0.05) is 16.0 Å². The van der Waals surface area contributed by atoms with Crippen LogP contribution in [0.4, 0.5) is 4.39 Å². The van der Waals surface area contributed by atoms with Crippen LogP contribution in [0.5, 0.6) is 0 Å². The lowest BCUT2D eigenvalue weighted by atomic mass is 10.2. The van der Waals surface area contributed by atoms with Crippen LogP contribution in [0.25, 0.3) is 0 Å². The van der Waals surface area contributed by atoms with Gasteiger partial charge in [0.25, 0.3) is 5.91 Å². The number of carbonyl (C=O) groups is 1. The molecule has 0 aromatic heterocycles. The molecule has 0 fully saturated rings. The van der Waals surface area contributed by atoms with Crippen molar-refractivity contribution in [3.05, 3.63) is 99.2 Å². The van der Waals surface area contributed by atoms with E-state index in [2.05, 4.69) is 26.5 Å². The zero-order valence-corrected chi connectivity index (χ0v) is 19.7. The number of halogens is 3. The van der Waals surface area contributed by atoms with E-state index < -0.39 is 28.3 Å². The summed E-state index contributed by atoms with van der Waals surface area (Å²) in [6, 6.07) is 18.4. The molecule has 0 atom stereocenters. The summed E-state index contributed by atoms with van der Waals surface area (Å²) >= 11 is 9.21. The highest BCUT2D eigenvalue weighted by atomic mass is 79.9. The van der Waals surface area contributed by atoms with E-state index in [1.165, 1.54) is 48.7 Å². The average molecular weight is 539 g/mol. The Morgan fingerprint density at radius 3 is 2.44 bits per heavy atom. The lowest BCUT2D eigenvalue weighted by Crippen LogP contribution is -2.39. The van der Waals surface area contributed by atoms with Crippen molar-refractivity contribution in [2.45, 2.75) is 11.4 Å². The Labute approximate surface area is 198 Å². The fourth-order valence-corrected chi connectivity index (χ4v) is 4.51. The number of rotatable bonds is 8. The predicted octanol–water partition coefficient (Wildman–Crippen LogP) is 4.58. The molecule has 0 aliphatic carbocycles. The van der Waals surface area contributed by atoms with Crippen LogP contribution in [0.3, 0.4) is 0 Å². The summed E-state index contributed by atoms with van der Waals surface area (Å²) in [5.74, 6) is -1.08. The molecule has 0 bridgehead atoms. The molecule has 10 heteroatoms. The highest BCUT2D eigenvalue weighted by Gasteiger charge is 2.27. The van der Waals surface area contributed by atoms with E-state index in [4.69, 9.17) is 11.6 Å². The van der Waals surface area contributed by atoms with E-state index in [-0.39, 0.29) is 11.4 Å². The van der Waals surface area contributed by atoms with Crippen molar-refractivity contribution in [3.8, 4) is 0 Å². The Morgan fingerprint density at radius 1 is 1.09 bits per heavy atom. The van der Waals surface area contributed by atoms with Crippen molar-refractivity contribution in [1.29, 1.82) is 0 Å². The molecule has 0 aliphatic rings. The molecule has 166 valence electrons. The number of nitrogens with zero attached hydrogens (tertiary/aromatic N) is 2. The van der Waals surface area contributed by atoms with Crippen LogP contribution in [-0.2, 0) is 21.4 Å². The summed E-state index contributed by atoms with van der Waals surface area (Å²) in [7, 11) is -4.00. The average Bonchev–Trinajstić information content (AvgIpc) is 2.75. The van der Waals surface area contributed by atoms with Crippen LogP contribution < -0.4 is 5.43 Å². The lowest BCUT2D eigenvalue weighted by molar-refractivity contribution is -0.121. The normalized spacial score (nSPS) is 11.8. The van der Waals surface area contributed by atoms with Gasteiger partial charge < -0.3 is 0 Å². The molecule has 0 unspecified atom stereocenters. The highest BCUT2D eigenvalue weighted by molar-refractivity contribution is 9.10. The molecule has 0 aliphatic heterocycles. The summed E-state index contributed by atoms with van der Waals surface area (Å²) in [6.07, 6.45) is 1.27. The van der Waals surface area contributed by atoms with Crippen molar-refractivity contribution in [2.75, 3.05) is 6.54 Å². The minimum Gasteiger partial charge on any atom is -0.272 e. The van der Waals surface area contributed by atoms with Crippen molar-refractivity contribution < 1.29 is 17.6 Å². The maximum Gasteiger partial charge on any atom is 0.255 e. The summed E-state index contributed by atoms with van der Waals surface area (Å²) in [4.78, 5) is 12.5. The van der Waals surface area contributed by atoms with Gasteiger partial charge in [-0.15, -0.1) is 0 Å². The number of hydrogen-bond acceptors (Lipinski definition) is 4. The Hall–Kier alpha value is -2.59. The second-order valence-corrected chi connectivity index (χ2v) is 9.99. The van der Waals surface area contributed by atoms with Gasteiger partial charge in [-0.3, -0.25) is 4.79 Å². The molecule has 0 heterocycles. The van der Waals surface area contributed by atoms with Crippen LogP contribution in [0, 0.1) is 5.82 Å². The van der Waals surface area contributed by atoms with Gasteiger partial charge in [0.05, 0.1) is 17.7 Å². The van der Waals surface area contributed by atoms with Gasteiger partial charge in [0.1, 0.15) is 5.82 Å². The molecule has 0 saturated heterocycles. The molecule has 0 saturated carbocycles. The van der Waals surface area contributed by atoms with E-state index in [1.54, 1.807) is 30.3 Å². The van der Waals surface area contributed by atoms with Gasteiger partial charge in [0.15, 0.2) is 0 Å². The van der Waals surface area contributed by atoms with E-state index in [0.29, 0.717) is 16.1 Å². The largest absolute Gasteiger partial charge is 0.272 e. The SMILES string of the molecule is O=C(CN(Cc1ccc(Br)cc1)S(=O)(=O)c1ccc(Cl)cc1)N/N=C\c1cccc(F)c1. The van der Waals surface area contributed by atoms with Gasteiger partial charge in [0.2, 0.25) is 10.0 Å². The third kappa shape index (κ3) is 6.70. The zero-order chi connectivity index (χ0) is 23.1. The minimum absolute atomic E-state index is 0.00933. The maximum absolute atomic E-state index is 13.2. The van der Waals surface area contributed by atoms with Crippen LogP contribution in [0.15, 0.2) is 87.3 Å². The molecule has 32 heavy (non-hydrogen) atoms. The number of hydrogen-bond donors (Lipinski definition) is 1. The predicted molar refractivity (Wildman–Crippen MR) is 125 cm³/mol. The van der Waals surface area contributed by atoms with Gasteiger partial charge in [-0.2, -0.15) is 9.41 Å². The summed E-state index contributed by atoms with van der Waals surface area (Å²) < 4.78 is 41.5. The standard InChI is InChI=1S/C22H18BrClFN3O3S/c23-18-6-4-16(5-7-18)14-28(32(30,31)21-10-8-19(24)9-11-21)15-22(29)27-26-13-17-2-1-3-20(25)12-17/h1-13H,14-15H2,(H,27,29)/b26-13-. The second kappa shape index (κ2) is 10.8. The van der Waals surface area contributed by atoms with E-state index >= 15 is 0 Å². The number of nitrogens with one attached hydrogen (secondary N) is 1. The van der Waals surface area contributed by atoms with Gasteiger partial charge in [-0.05, 0) is 59.7 Å². The third-order valence-electron chi connectivity index (χ3n) is 4.30. The smallest absolute Gasteiger partial charge is 0.255 e. The quantitative estimate of drug-likeness (QED) is 0.337. The molecule has 3 rings (SSSR count). The molecule has 0 spiro atoms. The van der Waals surface area contributed by atoms with Gasteiger partial charge in [-0.25, -0.2) is 18.2 Å². The number of benzene rings is 3. The zero-order valence-electron chi connectivity index (χ0n) is 16.6. The first-order chi connectivity index (χ1) is 15.2. The highest BCUT2D eigenvalue weighted by Crippen LogP contribution is 2.21. The van der Waals surface area contributed by atoms with E-state index in [0.717, 1.165) is 8.78 Å². The number of sulfonamides is 1. The van der Waals surface area contributed by atoms with Crippen molar-refractivity contribution in [2.24, 2.45) is 5.10 Å². The van der Waals surface area contributed by atoms with Crippen LogP contribution in [-0.4, -0.2) is 31.4 Å². The molecule has 3 aromatic rings. The molecule has 6 nitrogen and oxygen atoms in total. The minimum atomic E-state index is -4.00. The van der Waals surface area contributed by atoms with Crippen molar-refractivity contribution >= 4 is 49.7 Å². The van der Waals surface area contributed by atoms with Gasteiger partial charge >= 0.3 is 0 Å². The Morgan fingerprint density at radius 2 is 1.78 bits per heavy atom. The monoisotopic (exact) mass is 537 g/mol. The summed E-state index contributed by atoms with van der Waals surface area (Å²) in [6.45, 7) is -0.499. The topological polar surface area (TPSA) is 78.8 Å². The Balaban J connectivity index is 1.79. The van der Waals surface area contributed by atoms with Crippen molar-refractivity contribution in [1.82, 2.24) is 9.73 Å². The molecule has 1 amide bonds. The number of hydrazone groups is 1. The Kier molecular flexibility index (Phi) is 8.14. The fraction of sp³-hybridized carbons (Fsp3) is 0.0909. The molecular formula is C22H18BrClFN3O3S.